The van der Waals surface area contributed by atoms with Gasteiger partial charge in [-0.15, -0.1) is 0 Å². The first kappa shape index (κ1) is 21.6. The number of ether oxygens (including phenoxy) is 2. The van der Waals surface area contributed by atoms with Crippen LogP contribution in [0.5, 0.6) is 5.88 Å². The Morgan fingerprint density at radius 1 is 1.09 bits per heavy atom. The molecule has 1 aliphatic carbocycles. The number of methoxy groups -OCH3 is 1. The zero-order chi connectivity index (χ0) is 22.6. The Balaban J connectivity index is 1.15. The van der Waals surface area contributed by atoms with Crippen molar-refractivity contribution in [3.8, 4) is 5.88 Å². The first-order valence-electron chi connectivity index (χ1n) is 11.7. The van der Waals surface area contributed by atoms with Crippen LogP contribution in [0.4, 0.5) is 5.82 Å². The molecule has 1 aliphatic heterocycles. The van der Waals surface area contributed by atoms with Crippen molar-refractivity contribution < 1.29 is 14.3 Å². The lowest BCUT2D eigenvalue weighted by Gasteiger charge is -2.37. The molecule has 0 bridgehead atoms. The number of piperidine rings is 1. The molecule has 1 aromatic carbocycles. The van der Waals surface area contributed by atoms with Crippen LogP contribution in [0, 0.1) is 0 Å². The van der Waals surface area contributed by atoms with Gasteiger partial charge in [-0.25, -0.2) is 9.97 Å². The lowest BCUT2D eigenvalue weighted by atomic mass is 9.88. The highest BCUT2D eigenvalue weighted by Gasteiger charge is 2.33. The van der Waals surface area contributed by atoms with Gasteiger partial charge in [0, 0.05) is 56.2 Å². The van der Waals surface area contributed by atoms with E-state index < -0.39 is 0 Å². The molecule has 2 aliphatic rings. The molecule has 3 heterocycles. The summed E-state index contributed by atoms with van der Waals surface area (Å²) in [7, 11) is 1.56. The Hall–Kier alpha value is -3.19. The molecule has 33 heavy (non-hydrogen) atoms. The number of pyridine rings is 2. The second kappa shape index (κ2) is 9.75. The summed E-state index contributed by atoms with van der Waals surface area (Å²) < 4.78 is 11.3. The molecule has 2 fully saturated rings. The van der Waals surface area contributed by atoms with Crippen LogP contribution in [0.1, 0.15) is 37.2 Å². The van der Waals surface area contributed by atoms with Crippen molar-refractivity contribution in [1.82, 2.24) is 14.9 Å². The number of likely N-dealkylation sites (tertiary alicyclic amines) is 1. The molecule has 2 aromatic heterocycles. The van der Waals surface area contributed by atoms with Crippen molar-refractivity contribution >= 4 is 22.6 Å². The molecule has 0 radical (unpaired) electrons. The lowest BCUT2D eigenvalue weighted by Crippen LogP contribution is -2.43. The molecule has 7 heteroatoms. The number of hydrogen-bond donors (Lipinski definition) is 1. The van der Waals surface area contributed by atoms with Crippen LogP contribution in [0.15, 0.2) is 54.7 Å². The third-order valence-electron chi connectivity index (χ3n) is 6.68. The van der Waals surface area contributed by atoms with E-state index in [2.05, 4.69) is 28.5 Å². The molecule has 172 valence electrons. The van der Waals surface area contributed by atoms with Crippen LogP contribution in [-0.2, 0) is 9.53 Å². The fourth-order valence-electron chi connectivity index (χ4n) is 4.76. The van der Waals surface area contributed by atoms with Crippen molar-refractivity contribution in [2.24, 2.45) is 0 Å². The number of carbonyl (C=O) groups is 1. The van der Waals surface area contributed by atoms with Crippen molar-refractivity contribution in [1.29, 1.82) is 0 Å². The van der Waals surface area contributed by atoms with E-state index in [1.54, 1.807) is 13.3 Å². The summed E-state index contributed by atoms with van der Waals surface area (Å²) >= 11 is 0. The number of carbonyl (C=O) groups excluding carboxylic acids is 1. The molecule has 1 amide bonds. The summed E-state index contributed by atoms with van der Waals surface area (Å²) in [5, 5.41) is 4.68. The summed E-state index contributed by atoms with van der Waals surface area (Å²) in [5.41, 5.74) is 2.16. The standard InChI is InChI=1S/C26H30N4O3/c1-32-17-25(31)30-13-10-18(11-14-30)22-6-4-12-27-26(22)33-21-15-20(16-21)28-24-9-8-19-5-2-3-7-23(19)29-24/h2-9,12,18,20-21H,10-11,13-17H2,1H3,(H,28,29)/t20-,21+. The molecular formula is C26H30N4O3. The molecule has 1 saturated carbocycles. The van der Waals surface area contributed by atoms with Crippen molar-refractivity contribution in [3.63, 3.8) is 0 Å². The van der Waals surface area contributed by atoms with Gasteiger partial charge in [-0.2, -0.15) is 0 Å². The molecule has 1 saturated heterocycles. The SMILES string of the molecule is COCC(=O)N1CCC(c2cccnc2O[C@H]2C[C@@H](Nc3ccc4ccccc4n3)C2)CC1. The zero-order valence-corrected chi connectivity index (χ0v) is 18.9. The minimum atomic E-state index is 0.0625. The average Bonchev–Trinajstić information content (AvgIpc) is 2.83. The number of nitrogens with zero attached hydrogens (tertiary/aromatic N) is 3. The van der Waals surface area contributed by atoms with Crippen LogP contribution < -0.4 is 10.1 Å². The molecule has 0 unspecified atom stereocenters. The molecule has 0 spiro atoms. The fraction of sp³-hybridized carbons (Fsp3) is 0.423. The topological polar surface area (TPSA) is 76.6 Å². The largest absolute Gasteiger partial charge is 0.474 e. The van der Waals surface area contributed by atoms with E-state index in [-0.39, 0.29) is 18.6 Å². The molecular weight excluding hydrogens is 416 g/mol. The number of fused-ring (bicyclic) bond motifs is 1. The smallest absolute Gasteiger partial charge is 0.248 e. The van der Waals surface area contributed by atoms with Gasteiger partial charge in [0.15, 0.2) is 0 Å². The number of benzene rings is 1. The molecule has 0 atom stereocenters. The Labute approximate surface area is 194 Å². The number of hydrogen-bond acceptors (Lipinski definition) is 6. The fourth-order valence-corrected chi connectivity index (χ4v) is 4.76. The summed E-state index contributed by atoms with van der Waals surface area (Å²) in [6.45, 7) is 1.64. The second-order valence-corrected chi connectivity index (χ2v) is 8.93. The van der Waals surface area contributed by atoms with E-state index in [9.17, 15) is 4.79 Å². The zero-order valence-electron chi connectivity index (χ0n) is 18.9. The number of anilines is 1. The van der Waals surface area contributed by atoms with E-state index in [1.807, 2.05) is 35.2 Å². The number of aromatic nitrogens is 2. The highest BCUT2D eigenvalue weighted by molar-refractivity contribution is 5.80. The van der Waals surface area contributed by atoms with E-state index >= 15 is 0 Å². The molecule has 5 rings (SSSR count). The van der Waals surface area contributed by atoms with E-state index in [0.717, 1.165) is 66.9 Å². The number of rotatable bonds is 7. The molecule has 7 nitrogen and oxygen atoms in total. The molecule has 1 N–H and O–H groups in total. The third kappa shape index (κ3) is 4.93. The summed E-state index contributed by atoms with van der Waals surface area (Å²) in [6.07, 6.45) is 5.63. The molecule has 3 aromatic rings. The summed E-state index contributed by atoms with van der Waals surface area (Å²) in [6, 6.07) is 16.7. The highest BCUT2D eigenvalue weighted by atomic mass is 16.5. The van der Waals surface area contributed by atoms with Crippen LogP contribution in [0.25, 0.3) is 10.9 Å². The van der Waals surface area contributed by atoms with Gasteiger partial charge in [0.1, 0.15) is 18.5 Å². The maximum absolute atomic E-state index is 12.1. The second-order valence-electron chi connectivity index (χ2n) is 8.93. The Morgan fingerprint density at radius 2 is 1.91 bits per heavy atom. The van der Waals surface area contributed by atoms with Gasteiger partial charge in [-0.1, -0.05) is 24.3 Å². The van der Waals surface area contributed by atoms with Gasteiger partial charge in [0.05, 0.1) is 5.52 Å². The average molecular weight is 447 g/mol. The predicted molar refractivity (Wildman–Crippen MR) is 127 cm³/mol. The van der Waals surface area contributed by atoms with Gasteiger partial charge in [0.2, 0.25) is 11.8 Å². The third-order valence-corrected chi connectivity index (χ3v) is 6.68. The van der Waals surface area contributed by atoms with Crippen molar-refractivity contribution in [2.45, 2.75) is 43.7 Å². The number of para-hydroxylation sites is 1. The maximum atomic E-state index is 12.1. The Kier molecular flexibility index (Phi) is 6.39. The van der Waals surface area contributed by atoms with E-state index in [4.69, 9.17) is 14.5 Å². The monoisotopic (exact) mass is 446 g/mol. The van der Waals surface area contributed by atoms with Crippen LogP contribution in [0.3, 0.4) is 0 Å². The van der Waals surface area contributed by atoms with E-state index in [1.165, 1.54) is 0 Å². The van der Waals surface area contributed by atoms with Crippen LogP contribution in [0.2, 0.25) is 0 Å². The summed E-state index contributed by atoms with van der Waals surface area (Å²) in [5.74, 6) is 2.07. The predicted octanol–water partition coefficient (Wildman–Crippen LogP) is 4.00. The van der Waals surface area contributed by atoms with Crippen LogP contribution in [-0.4, -0.2) is 59.7 Å². The Bertz CT molecular complexity index is 1110. The van der Waals surface area contributed by atoms with Gasteiger partial charge in [0.25, 0.3) is 0 Å². The van der Waals surface area contributed by atoms with Gasteiger partial charge in [-0.05, 0) is 43.0 Å². The van der Waals surface area contributed by atoms with Gasteiger partial charge >= 0.3 is 0 Å². The van der Waals surface area contributed by atoms with Gasteiger partial charge in [-0.3, -0.25) is 4.79 Å². The number of nitrogens with one attached hydrogen (secondary N) is 1. The Morgan fingerprint density at radius 3 is 2.73 bits per heavy atom. The van der Waals surface area contributed by atoms with Crippen LogP contribution >= 0.6 is 0 Å². The lowest BCUT2D eigenvalue weighted by molar-refractivity contribution is -0.136. The van der Waals surface area contributed by atoms with Crippen molar-refractivity contribution in [3.05, 3.63) is 60.3 Å². The minimum absolute atomic E-state index is 0.0625. The highest BCUT2D eigenvalue weighted by Crippen LogP contribution is 2.36. The minimum Gasteiger partial charge on any atom is -0.474 e. The number of amides is 1. The van der Waals surface area contributed by atoms with Crippen molar-refractivity contribution in [2.75, 3.05) is 32.1 Å². The first-order chi connectivity index (χ1) is 16.2. The summed E-state index contributed by atoms with van der Waals surface area (Å²) in [4.78, 5) is 23.2. The van der Waals surface area contributed by atoms with E-state index in [0.29, 0.717) is 12.0 Å². The normalized spacial score (nSPS) is 20.9. The quantitative estimate of drug-likeness (QED) is 0.591. The van der Waals surface area contributed by atoms with Gasteiger partial charge < -0.3 is 19.7 Å². The first-order valence-corrected chi connectivity index (χ1v) is 11.7. The maximum Gasteiger partial charge on any atom is 0.248 e.